The van der Waals surface area contributed by atoms with Crippen LogP contribution in [0.4, 0.5) is 0 Å². The third-order valence-corrected chi connectivity index (χ3v) is 5.42. The van der Waals surface area contributed by atoms with Crippen molar-refractivity contribution < 1.29 is 23.4 Å². The summed E-state index contributed by atoms with van der Waals surface area (Å²) in [6.07, 6.45) is 2.90. The van der Waals surface area contributed by atoms with E-state index in [9.17, 15) is 18.3 Å². The van der Waals surface area contributed by atoms with Crippen LogP contribution in [0, 0.1) is 5.92 Å². The summed E-state index contributed by atoms with van der Waals surface area (Å²) in [7, 11) is -3.96. The Bertz CT molecular complexity index is 408. The number of carboxylic acids is 1. The van der Waals surface area contributed by atoms with Crippen molar-refractivity contribution in [1.82, 2.24) is 4.72 Å². The largest absolute Gasteiger partial charge is 0.480 e. The molecule has 0 amide bonds. The maximum absolute atomic E-state index is 11.9. The van der Waals surface area contributed by atoms with E-state index >= 15 is 0 Å². The summed E-state index contributed by atoms with van der Waals surface area (Å²) >= 11 is 0. The van der Waals surface area contributed by atoms with Crippen LogP contribution in [0.15, 0.2) is 0 Å². The predicted octanol–water partition coefficient (Wildman–Crippen LogP) is 0.320. The predicted molar refractivity (Wildman–Crippen MR) is 66.6 cm³/mol. The highest BCUT2D eigenvalue weighted by Crippen LogP contribution is 2.32. The number of aliphatic hydroxyl groups is 1. The quantitative estimate of drug-likeness (QED) is 0.672. The number of hydrogen-bond acceptors (Lipinski definition) is 4. The fourth-order valence-corrected chi connectivity index (χ4v) is 3.75. The number of nitrogens with one attached hydrogen (secondary N) is 1. The lowest BCUT2D eigenvalue weighted by atomic mass is 9.78. The van der Waals surface area contributed by atoms with Gasteiger partial charge in [-0.25, -0.2) is 13.1 Å². The standard InChI is InChI=1S/C11H21NO5S/c1-8-4-3-5-11(6-8,7-13)12-18(16,17)9(2)10(14)15/h8-9,12-13H,3-7H2,1-2H3,(H,14,15). The molecule has 0 heterocycles. The van der Waals surface area contributed by atoms with Crippen molar-refractivity contribution in [2.45, 2.75) is 50.3 Å². The Morgan fingerprint density at radius 1 is 1.56 bits per heavy atom. The Morgan fingerprint density at radius 3 is 2.61 bits per heavy atom. The van der Waals surface area contributed by atoms with Crippen molar-refractivity contribution in [3.05, 3.63) is 0 Å². The molecule has 18 heavy (non-hydrogen) atoms. The van der Waals surface area contributed by atoms with Crippen molar-refractivity contribution >= 4 is 16.0 Å². The van der Waals surface area contributed by atoms with Gasteiger partial charge in [0.05, 0.1) is 12.1 Å². The summed E-state index contributed by atoms with van der Waals surface area (Å²) in [5.74, 6) is -1.08. The molecule has 0 bridgehead atoms. The molecule has 0 aromatic carbocycles. The van der Waals surface area contributed by atoms with Crippen molar-refractivity contribution in [1.29, 1.82) is 0 Å². The molecule has 0 aliphatic heterocycles. The van der Waals surface area contributed by atoms with Crippen LogP contribution in [-0.4, -0.2) is 42.0 Å². The SMILES string of the molecule is CC1CCCC(CO)(NS(=O)(=O)C(C)C(=O)O)C1. The average Bonchev–Trinajstić information content (AvgIpc) is 2.27. The van der Waals surface area contributed by atoms with E-state index in [1.165, 1.54) is 0 Å². The summed E-state index contributed by atoms with van der Waals surface area (Å²) in [5, 5.41) is 16.7. The van der Waals surface area contributed by atoms with E-state index in [0.717, 1.165) is 19.8 Å². The number of carbonyl (C=O) groups is 1. The second-order valence-corrected chi connectivity index (χ2v) is 7.27. The molecule has 106 valence electrons. The van der Waals surface area contributed by atoms with Crippen molar-refractivity contribution in [2.24, 2.45) is 5.92 Å². The van der Waals surface area contributed by atoms with Crippen LogP contribution >= 0.6 is 0 Å². The Labute approximate surface area is 107 Å². The van der Waals surface area contributed by atoms with Crippen LogP contribution in [0.25, 0.3) is 0 Å². The molecule has 1 saturated carbocycles. The van der Waals surface area contributed by atoms with Gasteiger partial charge < -0.3 is 10.2 Å². The van der Waals surface area contributed by atoms with Gasteiger partial charge in [-0.1, -0.05) is 19.8 Å². The van der Waals surface area contributed by atoms with Gasteiger partial charge in [0.1, 0.15) is 0 Å². The third kappa shape index (κ3) is 3.43. The van der Waals surface area contributed by atoms with Gasteiger partial charge in [0.2, 0.25) is 10.0 Å². The number of aliphatic hydroxyl groups excluding tert-OH is 1. The van der Waals surface area contributed by atoms with E-state index in [-0.39, 0.29) is 6.61 Å². The van der Waals surface area contributed by atoms with Gasteiger partial charge in [-0.2, -0.15) is 0 Å². The molecular weight excluding hydrogens is 258 g/mol. The Kier molecular flexibility index (Phi) is 4.74. The minimum absolute atomic E-state index is 0.303. The minimum atomic E-state index is -3.96. The van der Waals surface area contributed by atoms with Crippen LogP contribution in [0.3, 0.4) is 0 Å². The fraction of sp³-hybridized carbons (Fsp3) is 0.909. The van der Waals surface area contributed by atoms with Gasteiger partial charge in [0.25, 0.3) is 0 Å². The first kappa shape index (κ1) is 15.4. The van der Waals surface area contributed by atoms with Crippen LogP contribution in [-0.2, 0) is 14.8 Å². The molecule has 3 N–H and O–H groups in total. The molecule has 7 heteroatoms. The Balaban J connectivity index is 2.89. The summed E-state index contributed by atoms with van der Waals surface area (Å²) in [6, 6.07) is 0. The molecular formula is C11H21NO5S. The maximum atomic E-state index is 11.9. The van der Waals surface area contributed by atoms with E-state index in [4.69, 9.17) is 5.11 Å². The lowest BCUT2D eigenvalue weighted by Crippen LogP contribution is -2.56. The molecule has 6 nitrogen and oxygen atoms in total. The molecule has 1 aliphatic rings. The molecule has 0 spiro atoms. The van der Waals surface area contributed by atoms with Crippen molar-refractivity contribution in [3.63, 3.8) is 0 Å². The van der Waals surface area contributed by atoms with E-state index in [2.05, 4.69) is 4.72 Å². The fourth-order valence-electron chi connectivity index (χ4n) is 2.45. The molecule has 0 saturated heterocycles. The topological polar surface area (TPSA) is 104 Å². The van der Waals surface area contributed by atoms with Crippen molar-refractivity contribution in [3.8, 4) is 0 Å². The zero-order chi connectivity index (χ0) is 14.0. The highest BCUT2D eigenvalue weighted by Gasteiger charge is 2.40. The molecule has 1 fully saturated rings. The summed E-state index contributed by atoms with van der Waals surface area (Å²) in [5.41, 5.74) is -0.903. The van der Waals surface area contributed by atoms with Gasteiger partial charge >= 0.3 is 5.97 Å². The highest BCUT2D eigenvalue weighted by molar-refractivity contribution is 7.90. The molecule has 1 rings (SSSR count). The van der Waals surface area contributed by atoms with E-state index in [1.807, 2.05) is 6.92 Å². The smallest absolute Gasteiger partial charge is 0.323 e. The highest BCUT2D eigenvalue weighted by atomic mass is 32.2. The summed E-state index contributed by atoms with van der Waals surface area (Å²) in [4.78, 5) is 10.8. The number of carboxylic acid groups (broad SMARTS) is 1. The normalized spacial score (nSPS) is 30.9. The zero-order valence-electron chi connectivity index (χ0n) is 10.7. The van der Waals surface area contributed by atoms with E-state index < -0.39 is 26.8 Å². The first-order valence-corrected chi connectivity index (χ1v) is 7.63. The Hall–Kier alpha value is -0.660. The molecule has 3 atom stereocenters. The van der Waals surface area contributed by atoms with E-state index in [1.54, 1.807) is 0 Å². The van der Waals surface area contributed by atoms with Crippen LogP contribution in [0.1, 0.15) is 39.5 Å². The van der Waals surface area contributed by atoms with Crippen LogP contribution in [0.5, 0.6) is 0 Å². The van der Waals surface area contributed by atoms with Crippen molar-refractivity contribution in [2.75, 3.05) is 6.61 Å². The summed E-state index contributed by atoms with van der Waals surface area (Å²) < 4.78 is 26.2. The second-order valence-electron chi connectivity index (χ2n) is 5.27. The molecule has 0 aromatic rings. The number of aliphatic carboxylic acids is 1. The number of hydrogen-bond donors (Lipinski definition) is 3. The molecule has 0 aromatic heterocycles. The molecule has 1 aliphatic carbocycles. The third-order valence-electron chi connectivity index (χ3n) is 3.57. The zero-order valence-corrected chi connectivity index (χ0v) is 11.5. The van der Waals surface area contributed by atoms with Gasteiger partial charge in [-0.05, 0) is 25.7 Å². The molecule has 3 unspecified atom stereocenters. The van der Waals surface area contributed by atoms with Crippen LogP contribution in [0.2, 0.25) is 0 Å². The van der Waals surface area contributed by atoms with Gasteiger partial charge in [0.15, 0.2) is 5.25 Å². The lowest BCUT2D eigenvalue weighted by Gasteiger charge is -2.39. The molecule has 0 radical (unpaired) electrons. The second kappa shape index (κ2) is 5.54. The van der Waals surface area contributed by atoms with Gasteiger partial charge in [-0.15, -0.1) is 0 Å². The van der Waals surface area contributed by atoms with Crippen LogP contribution < -0.4 is 4.72 Å². The number of sulfonamides is 1. The van der Waals surface area contributed by atoms with Gasteiger partial charge in [0, 0.05) is 0 Å². The first-order chi connectivity index (χ1) is 8.22. The lowest BCUT2D eigenvalue weighted by molar-refractivity contribution is -0.136. The Morgan fingerprint density at radius 2 is 2.17 bits per heavy atom. The first-order valence-electron chi connectivity index (χ1n) is 6.09. The average molecular weight is 279 g/mol. The monoisotopic (exact) mass is 279 g/mol. The van der Waals surface area contributed by atoms with Gasteiger partial charge in [-0.3, -0.25) is 4.79 Å². The summed E-state index contributed by atoms with van der Waals surface area (Å²) in [6.45, 7) is 2.82. The van der Waals surface area contributed by atoms with E-state index in [0.29, 0.717) is 18.8 Å². The minimum Gasteiger partial charge on any atom is -0.480 e. The number of rotatable bonds is 5. The maximum Gasteiger partial charge on any atom is 0.323 e.